The molecule has 0 amide bonds. The van der Waals surface area contributed by atoms with Crippen LogP contribution in [0.2, 0.25) is 0 Å². The number of hydrogen-bond donors (Lipinski definition) is 0. The predicted octanol–water partition coefficient (Wildman–Crippen LogP) is 2.87. The van der Waals surface area contributed by atoms with E-state index in [0.29, 0.717) is 18.1 Å². The number of rotatable bonds is 5. The topological polar surface area (TPSA) is 52.1 Å². The first kappa shape index (κ1) is 13.0. The van der Waals surface area contributed by atoms with E-state index < -0.39 is 0 Å². The van der Waals surface area contributed by atoms with E-state index in [1.165, 1.54) is 19.3 Å². The molecular formula is C14H20N2O2. The highest BCUT2D eigenvalue weighted by Crippen LogP contribution is 2.34. The second-order valence-corrected chi connectivity index (χ2v) is 4.69. The third-order valence-electron chi connectivity index (χ3n) is 3.34. The van der Waals surface area contributed by atoms with Crippen LogP contribution in [0.1, 0.15) is 67.3 Å². The van der Waals surface area contributed by atoms with Gasteiger partial charge in [0.1, 0.15) is 5.82 Å². The van der Waals surface area contributed by atoms with Crippen LogP contribution < -0.4 is 0 Å². The third-order valence-corrected chi connectivity index (χ3v) is 3.34. The second-order valence-electron chi connectivity index (χ2n) is 4.69. The molecule has 4 nitrogen and oxygen atoms in total. The summed E-state index contributed by atoms with van der Waals surface area (Å²) in [7, 11) is 0. The molecule has 1 saturated carbocycles. The number of aryl methyl sites for hydroxylation is 1. The molecule has 1 aliphatic carbocycles. The van der Waals surface area contributed by atoms with E-state index in [-0.39, 0.29) is 5.97 Å². The zero-order valence-electron chi connectivity index (χ0n) is 11.1. The van der Waals surface area contributed by atoms with Crippen LogP contribution in [0, 0.1) is 0 Å². The van der Waals surface area contributed by atoms with Crippen LogP contribution >= 0.6 is 0 Å². The highest BCUT2D eigenvalue weighted by atomic mass is 16.5. The summed E-state index contributed by atoms with van der Waals surface area (Å²) < 4.78 is 5.04. The highest BCUT2D eigenvalue weighted by molar-refractivity contribution is 5.90. The van der Waals surface area contributed by atoms with E-state index in [1.54, 1.807) is 13.1 Å². The molecule has 1 aromatic heterocycles. The van der Waals surface area contributed by atoms with Crippen molar-refractivity contribution in [2.75, 3.05) is 6.61 Å². The van der Waals surface area contributed by atoms with Gasteiger partial charge in [-0.05, 0) is 26.2 Å². The maximum atomic E-state index is 11.8. The molecule has 0 saturated heterocycles. The fourth-order valence-electron chi connectivity index (χ4n) is 2.10. The second kappa shape index (κ2) is 5.94. The summed E-state index contributed by atoms with van der Waals surface area (Å²) in [4.78, 5) is 20.7. The van der Waals surface area contributed by atoms with Gasteiger partial charge in [-0.1, -0.05) is 19.8 Å². The Hall–Kier alpha value is -1.45. The Labute approximate surface area is 108 Å². The van der Waals surface area contributed by atoms with Crippen molar-refractivity contribution in [1.29, 1.82) is 0 Å². The van der Waals surface area contributed by atoms with Crippen molar-refractivity contribution in [3.8, 4) is 0 Å². The molecule has 98 valence electrons. The Kier molecular flexibility index (Phi) is 4.28. The van der Waals surface area contributed by atoms with Crippen molar-refractivity contribution < 1.29 is 9.53 Å². The summed E-state index contributed by atoms with van der Waals surface area (Å²) in [6.45, 7) is 4.27. The number of carbonyl (C=O) groups is 1. The molecule has 1 fully saturated rings. The molecule has 0 radical (unpaired) electrons. The first-order valence-corrected chi connectivity index (χ1v) is 6.79. The highest BCUT2D eigenvalue weighted by Gasteiger charge is 2.24. The predicted molar refractivity (Wildman–Crippen MR) is 68.6 cm³/mol. The van der Waals surface area contributed by atoms with Crippen molar-refractivity contribution in [3.05, 3.63) is 23.3 Å². The molecule has 0 unspecified atom stereocenters. The number of esters is 1. The van der Waals surface area contributed by atoms with Gasteiger partial charge in [-0.25, -0.2) is 14.8 Å². The maximum Gasteiger partial charge on any atom is 0.341 e. The molecule has 0 aromatic carbocycles. The Morgan fingerprint density at radius 1 is 1.44 bits per heavy atom. The van der Waals surface area contributed by atoms with E-state index in [0.717, 1.165) is 24.4 Å². The van der Waals surface area contributed by atoms with Gasteiger partial charge in [0.25, 0.3) is 0 Å². The van der Waals surface area contributed by atoms with Gasteiger partial charge in [0, 0.05) is 12.1 Å². The number of nitrogens with zero attached hydrogens (tertiary/aromatic N) is 2. The van der Waals surface area contributed by atoms with Gasteiger partial charge in [-0.3, -0.25) is 0 Å². The molecule has 2 rings (SSSR count). The molecular weight excluding hydrogens is 228 g/mol. The van der Waals surface area contributed by atoms with Crippen LogP contribution in [-0.4, -0.2) is 22.5 Å². The summed E-state index contributed by atoms with van der Waals surface area (Å²) in [5, 5.41) is 0. The quantitative estimate of drug-likeness (QED) is 0.752. The average molecular weight is 248 g/mol. The number of hydrogen-bond acceptors (Lipinski definition) is 4. The average Bonchev–Trinajstić information content (AvgIpc) is 2.28. The first-order chi connectivity index (χ1) is 8.76. The number of aromatic nitrogens is 2. The summed E-state index contributed by atoms with van der Waals surface area (Å²) in [5.41, 5.74) is 1.37. The van der Waals surface area contributed by atoms with E-state index in [2.05, 4.69) is 16.9 Å². The molecule has 0 spiro atoms. The summed E-state index contributed by atoms with van der Waals surface area (Å²) >= 11 is 0. The normalized spacial score (nSPS) is 15.2. The molecule has 0 aliphatic heterocycles. The van der Waals surface area contributed by atoms with Gasteiger partial charge >= 0.3 is 5.97 Å². The Morgan fingerprint density at radius 2 is 2.22 bits per heavy atom. The van der Waals surface area contributed by atoms with E-state index >= 15 is 0 Å². The lowest BCUT2D eigenvalue weighted by Gasteiger charge is -2.24. The van der Waals surface area contributed by atoms with E-state index in [4.69, 9.17) is 4.74 Å². The van der Waals surface area contributed by atoms with Crippen LogP contribution in [0.3, 0.4) is 0 Å². The monoisotopic (exact) mass is 248 g/mol. The molecule has 0 atom stereocenters. The smallest absolute Gasteiger partial charge is 0.341 e. The van der Waals surface area contributed by atoms with Gasteiger partial charge in [-0.2, -0.15) is 0 Å². The van der Waals surface area contributed by atoms with Crippen LogP contribution in [-0.2, 0) is 11.2 Å². The number of carbonyl (C=O) groups excluding carboxylic acids is 1. The van der Waals surface area contributed by atoms with Crippen LogP contribution in [0.25, 0.3) is 0 Å². The zero-order valence-corrected chi connectivity index (χ0v) is 11.1. The lowest BCUT2D eigenvalue weighted by Crippen LogP contribution is -2.17. The Bertz CT molecular complexity index is 428. The third kappa shape index (κ3) is 2.68. The lowest BCUT2D eigenvalue weighted by molar-refractivity contribution is 0.0523. The largest absolute Gasteiger partial charge is 0.462 e. The van der Waals surface area contributed by atoms with Crippen molar-refractivity contribution in [3.63, 3.8) is 0 Å². The Balaban J connectivity index is 2.25. The van der Waals surface area contributed by atoms with Crippen molar-refractivity contribution in [2.24, 2.45) is 0 Å². The fraction of sp³-hybridized carbons (Fsp3) is 0.643. The summed E-state index contributed by atoms with van der Waals surface area (Å²) in [5.74, 6) is 1.09. The van der Waals surface area contributed by atoms with Gasteiger partial charge in [0.15, 0.2) is 0 Å². The summed E-state index contributed by atoms with van der Waals surface area (Å²) in [6, 6.07) is 0. The first-order valence-electron chi connectivity index (χ1n) is 6.79. The van der Waals surface area contributed by atoms with E-state index in [1.807, 2.05) is 0 Å². The van der Waals surface area contributed by atoms with Crippen LogP contribution in [0.5, 0.6) is 0 Å². The van der Waals surface area contributed by atoms with Gasteiger partial charge in [0.05, 0.1) is 17.9 Å². The standard InChI is InChI=1S/C14H20N2O2/c1-3-6-12-11(14(17)18-4-2)9-15-13(16-12)10-7-5-8-10/h9-10H,3-8H2,1-2H3. The molecule has 1 aliphatic rings. The van der Waals surface area contributed by atoms with Crippen LogP contribution in [0.4, 0.5) is 0 Å². The maximum absolute atomic E-state index is 11.8. The molecule has 1 heterocycles. The van der Waals surface area contributed by atoms with Crippen LogP contribution in [0.15, 0.2) is 6.20 Å². The van der Waals surface area contributed by atoms with Crippen molar-refractivity contribution >= 4 is 5.97 Å². The summed E-state index contributed by atoms with van der Waals surface area (Å²) in [6.07, 6.45) is 7.01. The molecule has 0 N–H and O–H groups in total. The SMILES string of the molecule is CCCc1nc(C2CCC2)ncc1C(=O)OCC. The number of ether oxygens (including phenoxy) is 1. The van der Waals surface area contributed by atoms with Gasteiger partial charge in [0.2, 0.25) is 0 Å². The molecule has 4 heteroatoms. The molecule has 1 aromatic rings. The van der Waals surface area contributed by atoms with Crippen molar-refractivity contribution in [2.45, 2.75) is 51.9 Å². The minimum Gasteiger partial charge on any atom is -0.462 e. The zero-order chi connectivity index (χ0) is 13.0. The Morgan fingerprint density at radius 3 is 2.78 bits per heavy atom. The molecule has 0 bridgehead atoms. The minimum absolute atomic E-state index is 0.305. The fourth-order valence-corrected chi connectivity index (χ4v) is 2.10. The van der Waals surface area contributed by atoms with Crippen molar-refractivity contribution in [1.82, 2.24) is 9.97 Å². The van der Waals surface area contributed by atoms with E-state index in [9.17, 15) is 4.79 Å². The van der Waals surface area contributed by atoms with Gasteiger partial charge in [-0.15, -0.1) is 0 Å². The molecule has 18 heavy (non-hydrogen) atoms. The lowest BCUT2D eigenvalue weighted by atomic mass is 9.84. The van der Waals surface area contributed by atoms with Gasteiger partial charge < -0.3 is 4.74 Å². The minimum atomic E-state index is -0.305.